The molecule has 1 aliphatic carbocycles. The molecular weight excluding hydrogens is 156 g/mol. The third kappa shape index (κ3) is 1.13. The maximum absolute atomic E-state index is 4.47. The standard InChI is InChI=1S/C8H12N2S/c1-8(3-4-8)6-5-11-7(9-2)10-6/h5H,3-4H2,1-2H3,(H,9,10). The van der Waals surface area contributed by atoms with Gasteiger partial charge >= 0.3 is 0 Å². The Bertz CT molecular complexity index is 263. The number of aromatic nitrogens is 1. The van der Waals surface area contributed by atoms with Gasteiger partial charge in [-0.2, -0.15) is 0 Å². The van der Waals surface area contributed by atoms with E-state index in [1.165, 1.54) is 18.5 Å². The normalized spacial score (nSPS) is 19.8. The van der Waals surface area contributed by atoms with Gasteiger partial charge in [-0.1, -0.05) is 6.92 Å². The molecule has 0 saturated heterocycles. The molecule has 0 atom stereocenters. The number of anilines is 1. The first kappa shape index (κ1) is 7.10. The average Bonchev–Trinajstić information content (AvgIpc) is 2.61. The summed E-state index contributed by atoms with van der Waals surface area (Å²) in [6.07, 6.45) is 2.61. The maximum Gasteiger partial charge on any atom is 0.182 e. The molecule has 1 aromatic heterocycles. The first-order valence-corrected chi connectivity index (χ1v) is 4.76. The van der Waals surface area contributed by atoms with Gasteiger partial charge in [-0.25, -0.2) is 4.98 Å². The average molecular weight is 168 g/mol. The van der Waals surface area contributed by atoms with Gasteiger partial charge in [0.25, 0.3) is 0 Å². The molecule has 1 fully saturated rings. The second-order valence-corrected chi connectivity index (χ2v) is 4.21. The number of thiazole rings is 1. The first-order chi connectivity index (χ1) is 5.24. The van der Waals surface area contributed by atoms with E-state index in [4.69, 9.17) is 0 Å². The molecule has 1 aliphatic rings. The lowest BCUT2D eigenvalue weighted by Gasteiger charge is -2.00. The van der Waals surface area contributed by atoms with Gasteiger partial charge in [-0.05, 0) is 12.8 Å². The second kappa shape index (κ2) is 2.21. The summed E-state index contributed by atoms with van der Waals surface area (Å²) in [5.41, 5.74) is 1.69. The highest BCUT2D eigenvalue weighted by atomic mass is 32.1. The third-order valence-electron chi connectivity index (χ3n) is 2.34. The van der Waals surface area contributed by atoms with E-state index in [-0.39, 0.29) is 0 Å². The van der Waals surface area contributed by atoms with Gasteiger partial charge in [0.2, 0.25) is 0 Å². The van der Waals surface area contributed by atoms with Gasteiger partial charge in [0.05, 0.1) is 5.69 Å². The minimum Gasteiger partial charge on any atom is -0.365 e. The van der Waals surface area contributed by atoms with E-state index < -0.39 is 0 Å². The van der Waals surface area contributed by atoms with Crippen molar-refractivity contribution in [3.8, 4) is 0 Å². The van der Waals surface area contributed by atoms with Gasteiger partial charge in [-0.15, -0.1) is 11.3 Å². The van der Waals surface area contributed by atoms with Gasteiger partial charge in [-0.3, -0.25) is 0 Å². The van der Waals surface area contributed by atoms with Crippen molar-refractivity contribution in [3.05, 3.63) is 11.1 Å². The summed E-state index contributed by atoms with van der Waals surface area (Å²) in [4.78, 5) is 4.47. The number of rotatable bonds is 2. The monoisotopic (exact) mass is 168 g/mol. The van der Waals surface area contributed by atoms with Crippen LogP contribution in [0.4, 0.5) is 5.13 Å². The Morgan fingerprint density at radius 3 is 2.82 bits per heavy atom. The van der Waals surface area contributed by atoms with Crippen molar-refractivity contribution in [2.75, 3.05) is 12.4 Å². The Hall–Kier alpha value is -0.570. The molecule has 1 heterocycles. The van der Waals surface area contributed by atoms with Crippen LogP contribution in [0.3, 0.4) is 0 Å². The van der Waals surface area contributed by atoms with Crippen LogP contribution in [0.2, 0.25) is 0 Å². The van der Waals surface area contributed by atoms with E-state index in [9.17, 15) is 0 Å². The third-order valence-corrected chi connectivity index (χ3v) is 3.20. The number of nitrogens with one attached hydrogen (secondary N) is 1. The fourth-order valence-electron chi connectivity index (χ4n) is 1.11. The van der Waals surface area contributed by atoms with Gasteiger partial charge in [0, 0.05) is 17.8 Å². The Morgan fingerprint density at radius 2 is 2.36 bits per heavy atom. The zero-order valence-electron chi connectivity index (χ0n) is 6.85. The molecule has 0 bridgehead atoms. The fraction of sp³-hybridized carbons (Fsp3) is 0.625. The molecule has 2 rings (SSSR count). The fourth-order valence-corrected chi connectivity index (χ4v) is 1.94. The van der Waals surface area contributed by atoms with E-state index >= 15 is 0 Å². The molecular formula is C8H12N2S. The largest absolute Gasteiger partial charge is 0.365 e. The van der Waals surface area contributed by atoms with Crippen LogP contribution in [0, 0.1) is 0 Å². The topological polar surface area (TPSA) is 24.9 Å². The minimum atomic E-state index is 0.422. The molecule has 3 heteroatoms. The lowest BCUT2D eigenvalue weighted by molar-refractivity contribution is 0.759. The summed E-state index contributed by atoms with van der Waals surface area (Å²) >= 11 is 1.69. The molecule has 60 valence electrons. The zero-order valence-corrected chi connectivity index (χ0v) is 7.66. The van der Waals surface area contributed by atoms with Gasteiger partial charge < -0.3 is 5.32 Å². The van der Waals surface area contributed by atoms with Crippen molar-refractivity contribution in [3.63, 3.8) is 0 Å². The SMILES string of the molecule is CNc1nc(C2(C)CC2)cs1. The maximum atomic E-state index is 4.47. The van der Waals surface area contributed by atoms with Crippen LogP contribution in [-0.4, -0.2) is 12.0 Å². The Balaban J connectivity index is 2.25. The van der Waals surface area contributed by atoms with Crippen molar-refractivity contribution in [2.45, 2.75) is 25.2 Å². The molecule has 11 heavy (non-hydrogen) atoms. The van der Waals surface area contributed by atoms with E-state index in [0.717, 1.165) is 5.13 Å². The van der Waals surface area contributed by atoms with Crippen LogP contribution in [-0.2, 0) is 5.41 Å². The second-order valence-electron chi connectivity index (χ2n) is 3.35. The van der Waals surface area contributed by atoms with Crippen molar-refractivity contribution >= 4 is 16.5 Å². The molecule has 0 radical (unpaired) electrons. The molecule has 1 aromatic rings. The Kier molecular flexibility index (Phi) is 1.42. The smallest absolute Gasteiger partial charge is 0.182 e. The number of hydrogen-bond acceptors (Lipinski definition) is 3. The highest BCUT2D eigenvalue weighted by Gasteiger charge is 2.41. The summed E-state index contributed by atoms with van der Waals surface area (Å²) in [6.45, 7) is 2.28. The summed E-state index contributed by atoms with van der Waals surface area (Å²) in [7, 11) is 1.91. The summed E-state index contributed by atoms with van der Waals surface area (Å²) < 4.78 is 0. The predicted octanol–water partition coefficient (Wildman–Crippen LogP) is 2.24. The van der Waals surface area contributed by atoms with Crippen molar-refractivity contribution in [1.29, 1.82) is 0 Å². The summed E-state index contributed by atoms with van der Waals surface area (Å²) in [5, 5.41) is 6.26. The van der Waals surface area contributed by atoms with Gasteiger partial charge in [0.1, 0.15) is 0 Å². The quantitative estimate of drug-likeness (QED) is 0.732. The van der Waals surface area contributed by atoms with E-state index in [2.05, 4.69) is 22.6 Å². The lowest BCUT2D eigenvalue weighted by atomic mass is 10.1. The van der Waals surface area contributed by atoms with Crippen molar-refractivity contribution in [1.82, 2.24) is 4.98 Å². The van der Waals surface area contributed by atoms with Crippen molar-refractivity contribution in [2.24, 2.45) is 0 Å². The Morgan fingerprint density at radius 1 is 1.64 bits per heavy atom. The first-order valence-electron chi connectivity index (χ1n) is 3.88. The van der Waals surface area contributed by atoms with Crippen LogP contribution < -0.4 is 5.32 Å². The molecule has 0 unspecified atom stereocenters. The van der Waals surface area contributed by atoms with Crippen LogP contribution in [0.15, 0.2) is 5.38 Å². The van der Waals surface area contributed by atoms with Gasteiger partial charge in [0.15, 0.2) is 5.13 Å². The molecule has 0 aliphatic heterocycles. The molecule has 0 spiro atoms. The number of hydrogen-bond donors (Lipinski definition) is 1. The van der Waals surface area contributed by atoms with Crippen LogP contribution >= 0.6 is 11.3 Å². The Labute approximate surface area is 70.7 Å². The molecule has 1 N–H and O–H groups in total. The zero-order chi connectivity index (χ0) is 7.90. The lowest BCUT2D eigenvalue weighted by Crippen LogP contribution is -1.99. The highest BCUT2D eigenvalue weighted by Crippen LogP contribution is 2.47. The molecule has 0 amide bonds. The highest BCUT2D eigenvalue weighted by molar-refractivity contribution is 7.13. The summed E-state index contributed by atoms with van der Waals surface area (Å²) in [5.74, 6) is 0. The van der Waals surface area contributed by atoms with Crippen LogP contribution in [0.5, 0.6) is 0 Å². The van der Waals surface area contributed by atoms with Crippen LogP contribution in [0.25, 0.3) is 0 Å². The molecule has 1 saturated carbocycles. The van der Waals surface area contributed by atoms with Crippen LogP contribution in [0.1, 0.15) is 25.5 Å². The molecule has 0 aromatic carbocycles. The van der Waals surface area contributed by atoms with E-state index in [0.29, 0.717) is 5.41 Å². The van der Waals surface area contributed by atoms with Crippen molar-refractivity contribution < 1.29 is 0 Å². The number of nitrogens with zero attached hydrogens (tertiary/aromatic N) is 1. The summed E-state index contributed by atoms with van der Waals surface area (Å²) in [6, 6.07) is 0. The van der Waals surface area contributed by atoms with E-state index in [1.54, 1.807) is 11.3 Å². The predicted molar refractivity (Wildman–Crippen MR) is 48.2 cm³/mol. The molecule has 2 nitrogen and oxygen atoms in total. The minimum absolute atomic E-state index is 0.422. The van der Waals surface area contributed by atoms with E-state index in [1.807, 2.05) is 7.05 Å².